The van der Waals surface area contributed by atoms with E-state index in [1.165, 1.54) is 0 Å². The molecule has 0 aromatic heterocycles. The number of carbonyl (C=O) groups is 2. The van der Waals surface area contributed by atoms with E-state index in [1.807, 2.05) is 19.9 Å². The second-order valence-electron chi connectivity index (χ2n) is 3.68. The van der Waals surface area contributed by atoms with Crippen molar-refractivity contribution in [3.8, 4) is 0 Å². The Hall–Kier alpha value is -1.18. The van der Waals surface area contributed by atoms with Crippen molar-refractivity contribution in [2.45, 2.75) is 26.7 Å². The van der Waals surface area contributed by atoms with E-state index in [0.29, 0.717) is 0 Å². The lowest BCUT2D eigenvalue weighted by atomic mass is 9.81. The van der Waals surface area contributed by atoms with Crippen molar-refractivity contribution >= 4 is 11.6 Å². The Morgan fingerprint density at radius 1 is 1.64 bits per heavy atom. The maximum Gasteiger partial charge on any atom is 0.159 e. The van der Waals surface area contributed by atoms with Gasteiger partial charge in [-0.05, 0) is 31.9 Å². The highest BCUT2D eigenvalue weighted by Crippen LogP contribution is 2.24. The standard InChI is InChI=1S/C12H16O2/c1-3-6-11(13)9(2)10-7-4-5-8-12(10)14/h3,5-6,8-10H,4,7H2,1-2H3/b6-3+. The second kappa shape index (κ2) is 4.89. The average molecular weight is 192 g/mol. The molecule has 0 saturated heterocycles. The molecule has 0 aromatic rings. The van der Waals surface area contributed by atoms with Gasteiger partial charge in [-0.2, -0.15) is 0 Å². The molecule has 0 amide bonds. The monoisotopic (exact) mass is 192 g/mol. The molecular weight excluding hydrogens is 176 g/mol. The highest BCUT2D eigenvalue weighted by Gasteiger charge is 2.28. The Bertz CT molecular complexity index is 287. The normalized spacial score (nSPS) is 24.1. The number of hydrogen-bond donors (Lipinski definition) is 0. The summed E-state index contributed by atoms with van der Waals surface area (Å²) in [7, 11) is 0. The molecule has 1 aliphatic rings. The first-order valence-electron chi connectivity index (χ1n) is 5.03. The molecule has 0 fully saturated rings. The molecule has 14 heavy (non-hydrogen) atoms. The number of ketones is 2. The molecule has 0 heterocycles. The number of allylic oxidation sites excluding steroid dienone is 4. The zero-order valence-electron chi connectivity index (χ0n) is 8.69. The zero-order valence-corrected chi connectivity index (χ0v) is 8.69. The minimum absolute atomic E-state index is 0.0566. The molecule has 2 atom stereocenters. The lowest BCUT2D eigenvalue weighted by Gasteiger charge is -2.21. The van der Waals surface area contributed by atoms with E-state index in [1.54, 1.807) is 18.2 Å². The van der Waals surface area contributed by atoms with Crippen LogP contribution in [0.5, 0.6) is 0 Å². The summed E-state index contributed by atoms with van der Waals surface area (Å²) in [5.74, 6) is -0.130. The lowest BCUT2D eigenvalue weighted by Crippen LogP contribution is -2.27. The average Bonchev–Trinajstić information content (AvgIpc) is 2.18. The van der Waals surface area contributed by atoms with Crippen molar-refractivity contribution in [3.05, 3.63) is 24.3 Å². The van der Waals surface area contributed by atoms with Crippen molar-refractivity contribution in [1.29, 1.82) is 0 Å². The van der Waals surface area contributed by atoms with Crippen molar-refractivity contribution < 1.29 is 9.59 Å². The molecule has 2 heteroatoms. The van der Waals surface area contributed by atoms with Crippen molar-refractivity contribution in [3.63, 3.8) is 0 Å². The van der Waals surface area contributed by atoms with Crippen molar-refractivity contribution in [1.82, 2.24) is 0 Å². The van der Waals surface area contributed by atoms with Crippen LogP contribution in [0.15, 0.2) is 24.3 Å². The number of hydrogen-bond acceptors (Lipinski definition) is 2. The van der Waals surface area contributed by atoms with E-state index >= 15 is 0 Å². The van der Waals surface area contributed by atoms with Crippen LogP contribution in [0, 0.1) is 11.8 Å². The van der Waals surface area contributed by atoms with E-state index < -0.39 is 0 Å². The van der Waals surface area contributed by atoms with Gasteiger partial charge in [0.25, 0.3) is 0 Å². The molecule has 0 N–H and O–H groups in total. The first-order chi connectivity index (χ1) is 6.66. The predicted octanol–water partition coefficient (Wildman–Crippen LogP) is 2.30. The highest BCUT2D eigenvalue weighted by atomic mass is 16.1. The van der Waals surface area contributed by atoms with Gasteiger partial charge in [0.15, 0.2) is 11.6 Å². The van der Waals surface area contributed by atoms with Crippen LogP contribution >= 0.6 is 0 Å². The summed E-state index contributed by atoms with van der Waals surface area (Å²) in [6.07, 6.45) is 8.47. The summed E-state index contributed by atoms with van der Waals surface area (Å²) in [5.41, 5.74) is 0. The molecule has 2 unspecified atom stereocenters. The number of rotatable bonds is 3. The van der Waals surface area contributed by atoms with Crippen molar-refractivity contribution in [2.75, 3.05) is 0 Å². The molecule has 0 aromatic carbocycles. The molecule has 2 nitrogen and oxygen atoms in total. The van der Waals surface area contributed by atoms with E-state index in [2.05, 4.69) is 0 Å². The van der Waals surface area contributed by atoms with Crippen LogP contribution in [0.2, 0.25) is 0 Å². The summed E-state index contributed by atoms with van der Waals surface area (Å²) in [5, 5.41) is 0. The molecular formula is C12H16O2. The Morgan fingerprint density at radius 2 is 2.36 bits per heavy atom. The van der Waals surface area contributed by atoms with Gasteiger partial charge in [-0.25, -0.2) is 0 Å². The van der Waals surface area contributed by atoms with Crippen LogP contribution in [-0.4, -0.2) is 11.6 Å². The SMILES string of the molecule is C/C=C/C(=O)C(C)C1CCC=CC1=O. The summed E-state index contributed by atoms with van der Waals surface area (Å²) in [6.45, 7) is 3.65. The van der Waals surface area contributed by atoms with Crippen LogP contribution < -0.4 is 0 Å². The summed E-state index contributed by atoms with van der Waals surface area (Å²) in [6, 6.07) is 0. The van der Waals surface area contributed by atoms with Gasteiger partial charge in [0.05, 0.1) is 0 Å². The fourth-order valence-corrected chi connectivity index (χ4v) is 1.75. The van der Waals surface area contributed by atoms with E-state index in [-0.39, 0.29) is 23.4 Å². The number of carbonyl (C=O) groups excluding carboxylic acids is 2. The Labute approximate surface area is 84.7 Å². The van der Waals surface area contributed by atoms with Gasteiger partial charge < -0.3 is 0 Å². The van der Waals surface area contributed by atoms with Gasteiger partial charge in [0, 0.05) is 11.8 Å². The van der Waals surface area contributed by atoms with Gasteiger partial charge in [0.2, 0.25) is 0 Å². The molecule has 0 spiro atoms. The fraction of sp³-hybridized carbons (Fsp3) is 0.500. The summed E-state index contributed by atoms with van der Waals surface area (Å²) < 4.78 is 0. The minimum Gasteiger partial charge on any atom is -0.295 e. The van der Waals surface area contributed by atoms with Gasteiger partial charge in [-0.15, -0.1) is 0 Å². The van der Waals surface area contributed by atoms with Crippen molar-refractivity contribution in [2.24, 2.45) is 11.8 Å². The first kappa shape index (κ1) is 10.9. The quantitative estimate of drug-likeness (QED) is 0.643. The third kappa shape index (κ3) is 2.41. The van der Waals surface area contributed by atoms with Crippen LogP contribution in [0.25, 0.3) is 0 Å². The predicted molar refractivity (Wildman–Crippen MR) is 55.9 cm³/mol. The molecule has 1 rings (SSSR count). The largest absolute Gasteiger partial charge is 0.295 e. The molecule has 0 bridgehead atoms. The Morgan fingerprint density at radius 3 is 2.93 bits per heavy atom. The van der Waals surface area contributed by atoms with E-state index in [0.717, 1.165) is 12.8 Å². The van der Waals surface area contributed by atoms with Crippen LogP contribution in [0.3, 0.4) is 0 Å². The van der Waals surface area contributed by atoms with Gasteiger partial charge in [0.1, 0.15) is 0 Å². The fourth-order valence-electron chi connectivity index (χ4n) is 1.75. The van der Waals surface area contributed by atoms with Gasteiger partial charge in [-0.3, -0.25) is 9.59 Å². The summed E-state index contributed by atoms with van der Waals surface area (Å²) in [4.78, 5) is 23.0. The molecule has 76 valence electrons. The van der Waals surface area contributed by atoms with Crippen LogP contribution in [0.4, 0.5) is 0 Å². The van der Waals surface area contributed by atoms with E-state index in [4.69, 9.17) is 0 Å². The smallest absolute Gasteiger partial charge is 0.159 e. The lowest BCUT2D eigenvalue weighted by molar-refractivity contribution is -0.127. The third-order valence-corrected chi connectivity index (χ3v) is 2.68. The summed E-state index contributed by atoms with van der Waals surface area (Å²) >= 11 is 0. The minimum atomic E-state index is -0.177. The Kier molecular flexibility index (Phi) is 3.81. The maximum absolute atomic E-state index is 11.5. The van der Waals surface area contributed by atoms with E-state index in [9.17, 15) is 9.59 Å². The van der Waals surface area contributed by atoms with Gasteiger partial charge >= 0.3 is 0 Å². The first-order valence-corrected chi connectivity index (χ1v) is 5.03. The highest BCUT2D eigenvalue weighted by molar-refractivity contribution is 5.99. The van der Waals surface area contributed by atoms with Crippen LogP contribution in [0.1, 0.15) is 26.7 Å². The second-order valence-corrected chi connectivity index (χ2v) is 3.68. The Balaban J connectivity index is 2.68. The molecule has 0 saturated carbocycles. The van der Waals surface area contributed by atoms with Crippen LogP contribution in [-0.2, 0) is 9.59 Å². The molecule has 0 aliphatic heterocycles. The third-order valence-electron chi connectivity index (χ3n) is 2.68. The van der Waals surface area contributed by atoms with Gasteiger partial charge in [-0.1, -0.05) is 19.1 Å². The molecule has 1 aliphatic carbocycles. The zero-order chi connectivity index (χ0) is 10.6. The topological polar surface area (TPSA) is 34.1 Å². The maximum atomic E-state index is 11.5. The molecule has 0 radical (unpaired) electrons.